The maximum atomic E-state index is 14.0. The Labute approximate surface area is 272 Å². The predicted molar refractivity (Wildman–Crippen MR) is 182 cm³/mol. The first-order valence-corrected chi connectivity index (χ1v) is 16.5. The van der Waals surface area contributed by atoms with Gasteiger partial charge < -0.3 is 9.64 Å². The summed E-state index contributed by atoms with van der Waals surface area (Å²) in [7, 11) is 1.61. The SMILES string of the molecule is C=C1OC(CCC)(CCCCc2ccc(C3=C(CC)C/C(=C/C(=CC)C(F)(F)P)C(C)=N3)cn2)CN1c1ccc(C(C)(F)F)nc1. The van der Waals surface area contributed by atoms with Crippen LogP contribution in [0.1, 0.15) is 96.5 Å². The minimum absolute atomic E-state index is 0.0389. The molecule has 2 atom stereocenters. The molecule has 0 bridgehead atoms. The molecular weight excluding hydrogens is 611 g/mol. The Balaban J connectivity index is 1.37. The highest BCUT2D eigenvalue weighted by atomic mass is 31.0. The van der Waals surface area contributed by atoms with Crippen LogP contribution >= 0.6 is 9.24 Å². The van der Waals surface area contributed by atoms with Gasteiger partial charge in [0.2, 0.25) is 0 Å². The van der Waals surface area contributed by atoms with Gasteiger partial charge in [0.1, 0.15) is 11.3 Å². The van der Waals surface area contributed by atoms with Crippen LogP contribution in [0.5, 0.6) is 0 Å². The fourth-order valence-electron chi connectivity index (χ4n) is 6.10. The van der Waals surface area contributed by atoms with Gasteiger partial charge in [-0.2, -0.15) is 17.6 Å². The van der Waals surface area contributed by atoms with Crippen molar-refractivity contribution in [2.24, 2.45) is 4.99 Å². The van der Waals surface area contributed by atoms with Gasteiger partial charge in [0.15, 0.2) is 5.88 Å². The summed E-state index contributed by atoms with van der Waals surface area (Å²) in [6.45, 7) is 13.2. The van der Waals surface area contributed by atoms with Crippen LogP contribution in [0.3, 0.4) is 0 Å². The van der Waals surface area contributed by atoms with Crippen LogP contribution in [0.25, 0.3) is 5.70 Å². The Hall–Kier alpha value is -3.32. The number of unbranched alkanes of at least 4 members (excludes halogenated alkanes) is 1. The summed E-state index contributed by atoms with van der Waals surface area (Å²) in [5.41, 5.74) is 2.41. The molecule has 0 saturated carbocycles. The molecule has 4 heterocycles. The third-order valence-electron chi connectivity index (χ3n) is 8.65. The van der Waals surface area contributed by atoms with Gasteiger partial charge in [-0.15, -0.1) is 0 Å². The number of alkyl halides is 4. The summed E-state index contributed by atoms with van der Waals surface area (Å²) in [5.74, 6) is -2.48. The van der Waals surface area contributed by atoms with E-state index in [0.29, 0.717) is 24.5 Å². The smallest absolute Gasteiger partial charge is 0.286 e. The van der Waals surface area contributed by atoms with E-state index in [9.17, 15) is 17.6 Å². The Kier molecular flexibility index (Phi) is 11.3. The van der Waals surface area contributed by atoms with Crippen molar-refractivity contribution in [1.82, 2.24) is 9.97 Å². The Morgan fingerprint density at radius 3 is 2.41 bits per heavy atom. The van der Waals surface area contributed by atoms with Crippen LogP contribution in [-0.2, 0) is 17.1 Å². The van der Waals surface area contributed by atoms with Gasteiger partial charge in [0.05, 0.1) is 24.1 Å². The number of halogens is 4. The van der Waals surface area contributed by atoms with E-state index in [2.05, 4.69) is 25.4 Å². The van der Waals surface area contributed by atoms with Gasteiger partial charge in [0.25, 0.3) is 11.6 Å². The molecule has 248 valence electrons. The number of aromatic nitrogens is 2. The summed E-state index contributed by atoms with van der Waals surface area (Å²) in [6.07, 6.45) is 12.9. The van der Waals surface area contributed by atoms with Crippen molar-refractivity contribution >= 4 is 26.3 Å². The van der Waals surface area contributed by atoms with E-state index in [0.717, 1.165) is 85.7 Å². The molecule has 2 unspecified atom stereocenters. The standard InChI is InChI=1S/C36H45F4N4OP/c1-7-17-35(23-44(25(5)45-35)31-15-16-32(42-22-31)34(6,37)38)18-11-10-12-30-14-13-27(21-41-30)33-26(8-2)19-28(24(4)43-33)20-29(9-3)36(39,40)46/h9,13-16,20-22H,5,7-8,10-12,17-19,23,46H2,1-4,6H3/b28-20-,29-9?. The summed E-state index contributed by atoms with van der Waals surface area (Å²) >= 11 is 0. The highest BCUT2D eigenvalue weighted by molar-refractivity contribution is 7.18. The highest BCUT2D eigenvalue weighted by Gasteiger charge is 2.41. The van der Waals surface area contributed by atoms with Crippen molar-refractivity contribution in [1.29, 1.82) is 0 Å². The van der Waals surface area contributed by atoms with E-state index >= 15 is 0 Å². The number of ether oxygens (including phenoxy) is 1. The number of pyridine rings is 2. The number of anilines is 1. The lowest BCUT2D eigenvalue weighted by Gasteiger charge is -2.27. The Morgan fingerprint density at radius 2 is 1.85 bits per heavy atom. The largest absolute Gasteiger partial charge is 0.471 e. The van der Waals surface area contributed by atoms with Crippen LogP contribution in [0.4, 0.5) is 23.2 Å². The first-order chi connectivity index (χ1) is 21.7. The number of hydrogen-bond acceptors (Lipinski definition) is 5. The van der Waals surface area contributed by atoms with Gasteiger partial charge in [-0.3, -0.25) is 15.0 Å². The second kappa shape index (κ2) is 14.6. The van der Waals surface area contributed by atoms with E-state index in [1.54, 1.807) is 28.3 Å². The van der Waals surface area contributed by atoms with Crippen molar-refractivity contribution < 1.29 is 22.3 Å². The number of nitrogens with zero attached hydrogens (tertiary/aromatic N) is 4. The monoisotopic (exact) mass is 656 g/mol. The zero-order valence-corrected chi connectivity index (χ0v) is 28.6. The average molecular weight is 657 g/mol. The number of aliphatic imine (C=N–C) groups is 1. The zero-order chi connectivity index (χ0) is 33.7. The lowest BCUT2D eigenvalue weighted by Crippen LogP contribution is -2.34. The molecule has 1 fully saturated rings. The van der Waals surface area contributed by atoms with Crippen LogP contribution < -0.4 is 4.90 Å². The number of rotatable bonds is 13. The van der Waals surface area contributed by atoms with Crippen LogP contribution in [0.15, 0.2) is 83.0 Å². The first kappa shape index (κ1) is 35.5. The van der Waals surface area contributed by atoms with E-state index in [4.69, 9.17) is 14.7 Å². The maximum absolute atomic E-state index is 14.0. The van der Waals surface area contributed by atoms with E-state index < -0.39 is 17.2 Å². The molecular formula is C36H45F4N4OP. The fraction of sp³-hybridized carbons (Fsp3) is 0.472. The molecule has 2 aliphatic heterocycles. The zero-order valence-electron chi connectivity index (χ0n) is 27.5. The summed E-state index contributed by atoms with van der Waals surface area (Å²) in [5, 5.41) is 0. The van der Waals surface area contributed by atoms with Gasteiger partial charge in [-0.1, -0.05) is 35.6 Å². The lowest BCUT2D eigenvalue weighted by molar-refractivity contribution is 0.0128. The second-order valence-corrected chi connectivity index (χ2v) is 13.0. The summed E-state index contributed by atoms with van der Waals surface area (Å²) in [4.78, 5) is 15.4. The molecule has 0 spiro atoms. The Morgan fingerprint density at radius 1 is 1.09 bits per heavy atom. The molecule has 5 nitrogen and oxygen atoms in total. The van der Waals surface area contributed by atoms with Gasteiger partial charge >= 0.3 is 0 Å². The topological polar surface area (TPSA) is 50.6 Å². The second-order valence-electron chi connectivity index (χ2n) is 12.3. The fourth-order valence-corrected chi connectivity index (χ4v) is 6.35. The maximum Gasteiger partial charge on any atom is 0.286 e. The normalized spacial score (nSPS) is 20.4. The number of allylic oxidation sites excluding steroid dienone is 5. The van der Waals surface area contributed by atoms with Crippen molar-refractivity contribution in [2.45, 2.75) is 103 Å². The van der Waals surface area contributed by atoms with Crippen LogP contribution in [-0.4, -0.2) is 33.5 Å². The molecule has 10 heteroatoms. The lowest BCUT2D eigenvalue weighted by atomic mass is 9.90. The molecule has 0 aromatic carbocycles. The number of aryl methyl sites for hydroxylation is 1. The minimum Gasteiger partial charge on any atom is -0.471 e. The van der Waals surface area contributed by atoms with E-state index in [1.165, 1.54) is 18.3 Å². The number of hydrogen-bond donors (Lipinski definition) is 0. The van der Waals surface area contributed by atoms with Crippen LogP contribution in [0.2, 0.25) is 0 Å². The van der Waals surface area contributed by atoms with Crippen molar-refractivity contribution in [3.05, 3.63) is 94.9 Å². The molecule has 0 amide bonds. The molecule has 2 aromatic heterocycles. The van der Waals surface area contributed by atoms with E-state index in [-0.39, 0.29) is 11.3 Å². The van der Waals surface area contributed by atoms with Crippen molar-refractivity contribution in [3.63, 3.8) is 0 Å². The molecule has 0 radical (unpaired) electrons. The molecule has 0 N–H and O–H groups in total. The molecule has 46 heavy (non-hydrogen) atoms. The third kappa shape index (κ3) is 8.52. The van der Waals surface area contributed by atoms with Crippen molar-refractivity contribution in [2.75, 3.05) is 11.4 Å². The quantitative estimate of drug-likeness (QED) is 0.122. The highest BCUT2D eigenvalue weighted by Crippen LogP contribution is 2.40. The molecule has 1 saturated heterocycles. The minimum atomic E-state index is -2.99. The van der Waals surface area contributed by atoms with Crippen LogP contribution in [0, 0.1) is 0 Å². The van der Waals surface area contributed by atoms with E-state index in [1.807, 2.05) is 30.2 Å². The first-order valence-electron chi connectivity index (χ1n) is 16.0. The molecule has 2 aromatic rings. The molecule has 2 aliphatic rings. The average Bonchev–Trinajstić information content (AvgIpc) is 3.33. The summed E-state index contributed by atoms with van der Waals surface area (Å²) in [6, 6.07) is 7.08. The Bertz CT molecular complexity index is 1520. The van der Waals surface area contributed by atoms with Gasteiger partial charge in [-0.05, 0) is 107 Å². The van der Waals surface area contributed by atoms with Gasteiger partial charge in [-0.25, -0.2) is 0 Å². The van der Waals surface area contributed by atoms with Crippen molar-refractivity contribution in [3.8, 4) is 0 Å². The third-order valence-corrected chi connectivity index (χ3v) is 8.98. The van der Waals surface area contributed by atoms with Gasteiger partial charge in [0, 0.05) is 35.7 Å². The predicted octanol–water partition coefficient (Wildman–Crippen LogP) is 10.2. The molecule has 4 rings (SSSR count). The molecule has 0 aliphatic carbocycles. The summed E-state index contributed by atoms with van der Waals surface area (Å²) < 4.78 is 61.6.